The number of nitrogens with zero attached hydrogens (tertiary/aromatic N) is 2. The lowest BCUT2D eigenvalue weighted by molar-refractivity contribution is -0.114. The van der Waals surface area contributed by atoms with Crippen LogP contribution < -0.4 is 0 Å². The Balaban J connectivity index is 2.46. The van der Waals surface area contributed by atoms with Gasteiger partial charge < -0.3 is 0 Å². The molecule has 3 nitrogen and oxygen atoms in total. The molecule has 2 aliphatic rings. The highest BCUT2D eigenvalue weighted by molar-refractivity contribution is 6.15. The van der Waals surface area contributed by atoms with E-state index in [2.05, 4.69) is 4.99 Å². The third-order valence-electron chi connectivity index (χ3n) is 1.81. The molecule has 0 aromatic heterocycles. The molecule has 2 rings (SSSR count). The maximum atomic E-state index is 11.2. The molecule has 60 valence electrons. The zero-order valence-corrected chi connectivity index (χ0v) is 6.69. The first kappa shape index (κ1) is 7.03. The lowest BCUT2D eigenvalue weighted by Crippen LogP contribution is -2.20. The van der Waals surface area contributed by atoms with Gasteiger partial charge in [-0.1, -0.05) is 12.2 Å². The molecule has 2 aliphatic heterocycles. The van der Waals surface area contributed by atoms with Gasteiger partial charge >= 0.3 is 0 Å². The van der Waals surface area contributed by atoms with Crippen LogP contribution in [0.5, 0.6) is 0 Å². The minimum Gasteiger partial charge on any atom is -0.297 e. The van der Waals surface area contributed by atoms with E-state index in [0.29, 0.717) is 11.5 Å². The average molecular weight is 160 g/mol. The van der Waals surface area contributed by atoms with Crippen LogP contribution in [-0.4, -0.2) is 16.6 Å². The summed E-state index contributed by atoms with van der Waals surface area (Å²) >= 11 is 0. The van der Waals surface area contributed by atoms with Crippen LogP contribution in [-0.2, 0) is 4.79 Å². The van der Waals surface area contributed by atoms with Crippen LogP contribution in [0.1, 0.15) is 6.92 Å². The maximum Gasteiger partial charge on any atom is 0.295 e. The Labute approximate surface area is 70.4 Å². The minimum absolute atomic E-state index is 0.163. The van der Waals surface area contributed by atoms with E-state index in [1.54, 1.807) is 11.0 Å². The second-order valence-electron chi connectivity index (χ2n) is 2.52. The van der Waals surface area contributed by atoms with Gasteiger partial charge in [-0.25, -0.2) is 0 Å². The molecule has 0 aromatic carbocycles. The summed E-state index contributed by atoms with van der Waals surface area (Å²) in [6.07, 6.45) is 9.15. The van der Waals surface area contributed by atoms with Gasteiger partial charge in [-0.3, -0.25) is 9.69 Å². The van der Waals surface area contributed by atoms with Crippen molar-refractivity contribution in [3.8, 4) is 0 Å². The second kappa shape index (κ2) is 2.44. The van der Waals surface area contributed by atoms with Crippen molar-refractivity contribution in [2.24, 2.45) is 4.99 Å². The highest BCUT2D eigenvalue weighted by Crippen LogP contribution is 2.19. The Hall–Kier alpha value is -1.64. The van der Waals surface area contributed by atoms with Crippen molar-refractivity contribution < 1.29 is 4.79 Å². The predicted molar refractivity (Wildman–Crippen MR) is 46.3 cm³/mol. The molecule has 0 bridgehead atoms. The van der Waals surface area contributed by atoms with E-state index in [1.165, 1.54) is 0 Å². The smallest absolute Gasteiger partial charge is 0.295 e. The normalized spacial score (nSPS) is 23.4. The molecule has 0 saturated heterocycles. The van der Waals surface area contributed by atoms with Gasteiger partial charge in [-0.15, -0.1) is 0 Å². The summed E-state index contributed by atoms with van der Waals surface area (Å²) in [5.41, 5.74) is 0.630. The fourth-order valence-corrected chi connectivity index (χ4v) is 1.26. The van der Waals surface area contributed by atoms with Gasteiger partial charge in [-0.2, -0.15) is 4.99 Å². The molecule has 0 N–H and O–H groups in total. The third kappa shape index (κ3) is 0.830. The first-order valence-corrected chi connectivity index (χ1v) is 3.76. The summed E-state index contributed by atoms with van der Waals surface area (Å²) in [6, 6.07) is 0. The minimum atomic E-state index is -0.163. The number of carbonyl (C=O) groups excluding carboxylic acids is 1. The fraction of sp³-hybridized carbons (Fsp3) is 0.111. The monoisotopic (exact) mass is 160 g/mol. The van der Waals surface area contributed by atoms with Gasteiger partial charge in [-0.05, 0) is 19.1 Å². The van der Waals surface area contributed by atoms with E-state index in [0.717, 1.165) is 0 Å². The van der Waals surface area contributed by atoms with Crippen LogP contribution >= 0.6 is 0 Å². The number of amidine groups is 1. The highest BCUT2D eigenvalue weighted by Gasteiger charge is 2.25. The van der Waals surface area contributed by atoms with E-state index in [4.69, 9.17) is 0 Å². The number of amides is 1. The molecule has 0 spiro atoms. The van der Waals surface area contributed by atoms with Crippen molar-refractivity contribution in [2.75, 3.05) is 0 Å². The maximum absolute atomic E-state index is 11.2. The lowest BCUT2D eigenvalue weighted by Gasteiger charge is -2.15. The molecule has 2 heterocycles. The number of fused-ring (bicyclic) bond motifs is 1. The van der Waals surface area contributed by atoms with E-state index in [9.17, 15) is 4.79 Å². The topological polar surface area (TPSA) is 32.7 Å². The Bertz CT molecular complexity index is 348. The standard InChI is InChI=1S/C9H8N2O/c1-2-7-9(12)10-8-5-3-4-6-11(7)8/h2-6H,1H3/b7-2+. The number of carbonyl (C=O) groups is 1. The number of rotatable bonds is 0. The van der Waals surface area contributed by atoms with Crippen molar-refractivity contribution >= 4 is 11.7 Å². The van der Waals surface area contributed by atoms with E-state index >= 15 is 0 Å². The van der Waals surface area contributed by atoms with Gasteiger partial charge in [0.05, 0.1) is 0 Å². The highest BCUT2D eigenvalue weighted by atomic mass is 16.2. The van der Waals surface area contributed by atoms with Gasteiger partial charge in [0.2, 0.25) is 0 Å². The number of hydrogen-bond acceptors (Lipinski definition) is 2. The molecule has 1 amide bonds. The van der Waals surface area contributed by atoms with Crippen molar-refractivity contribution in [3.05, 3.63) is 36.2 Å². The fourth-order valence-electron chi connectivity index (χ4n) is 1.26. The first-order chi connectivity index (χ1) is 5.83. The van der Waals surface area contributed by atoms with E-state index in [-0.39, 0.29) is 5.91 Å². The molecule has 0 saturated carbocycles. The van der Waals surface area contributed by atoms with Crippen LogP contribution in [0.2, 0.25) is 0 Å². The van der Waals surface area contributed by atoms with Gasteiger partial charge in [0.25, 0.3) is 5.91 Å². The summed E-state index contributed by atoms with van der Waals surface area (Å²) in [5.74, 6) is 0.541. The Morgan fingerprint density at radius 2 is 2.33 bits per heavy atom. The summed E-state index contributed by atoms with van der Waals surface area (Å²) < 4.78 is 0. The first-order valence-electron chi connectivity index (χ1n) is 3.76. The summed E-state index contributed by atoms with van der Waals surface area (Å²) in [4.78, 5) is 16.8. The molecule has 12 heavy (non-hydrogen) atoms. The number of aliphatic imine (C=N–C) groups is 1. The Morgan fingerprint density at radius 1 is 1.50 bits per heavy atom. The van der Waals surface area contributed by atoms with Crippen LogP contribution in [0.3, 0.4) is 0 Å². The number of hydrogen-bond donors (Lipinski definition) is 0. The summed E-state index contributed by atoms with van der Waals surface area (Å²) in [5, 5.41) is 0. The predicted octanol–water partition coefficient (Wildman–Crippen LogP) is 1.21. The SMILES string of the molecule is C/C=C1\C(=O)N=C2C=CC=CN21. The van der Waals surface area contributed by atoms with Gasteiger partial charge in [0.1, 0.15) is 11.5 Å². The zero-order valence-electron chi connectivity index (χ0n) is 6.69. The molecular weight excluding hydrogens is 152 g/mol. The Kier molecular flexibility index (Phi) is 1.43. The van der Waals surface area contributed by atoms with Crippen molar-refractivity contribution in [3.63, 3.8) is 0 Å². The van der Waals surface area contributed by atoms with Crippen LogP contribution in [0.15, 0.2) is 41.2 Å². The van der Waals surface area contributed by atoms with Gasteiger partial charge in [0.15, 0.2) is 0 Å². The van der Waals surface area contributed by atoms with Crippen molar-refractivity contribution in [1.29, 1.82) is 0 Å². The van der Waals surface area contributed by atoms with Crippen molar-refractivity contribution in [1.82, 2.24) is 4.90 Å². The van der Waals surface area contributed by atoms with Crippen LogP contribution in [0.25, 0.3) is 0 Å². The molecular formula is C9H8N2O. The molecule has 0 aliphatic carbocycles. The molecule has 0 unspecified atom stereocenters. The molecule has 0 fully saturated rings. The van der Waals surface area contributed by atoms with E-state index < -0.39 is 0 Å². The summed E-state index contributed by atoms with van der Waals surface area (Å²) in [7, 11) is 0. The van der Waals surface area contributed by atoms with Gasteiger partial charge in [0, 0.05) is 6.20 Å². The largest absolute Gasteiger partial charge is 0.297 e. The van der Waals surface area contributed by atoms with Crippen LogP contribution in [0.4, 0.5) is 0 Å². The van der Waals surface area contributed by atoms with E-state index in [1.807, 2.05) is 31.4 Å². The van der Waals surface area contributed by atoms with Crippen molar-refractivity contribution in [2.45, 2.75) is 6.92 Å². The average Bonchev–Trinajstić information content (AvgIpc) is 2.40. The third-order valence-corrected chi connectivity index (χ3v) is 1.81. The quantitative estimate of drug-likeness (QED) is 0.499. The zero-order chi connectivity index (χ0) is 8.55. The summed E-state index contributed by atoms with van der Waals surface area (Å²) in [6.45, 7) is 1.83. The molecule has 0 atom stereocenters. The Morgan fingerprint density at radius 3 is 3.08 bits per heavy atom. The lowest BCUT2D eigenvalue weighted by atomic mass is 10.3. The molecule has 3 heteroatoms. The van der Waals surface area contributed by atoms with Crippen LogP contribution in [0, 0.1) is 0 Å². The molecule has 0 radical (unpaired) electrons. The second-order valence-corrected chi connectivity index (χ2v) is 2.52. The number of allylic oxidation sites excluding steroid dienone is 3. The molecule has 0 aromatic rings.